The van der Waals surface area contributed by atoms with Crippen LogP contribution in [-0.4, -0.2) is 51.8 Å². The highest BCUT2D eigenvalue weighted by molar-refractivity contribution is 8.00. The number of carbonyl (C=O) groups excluding carboxylic acids is 1. The van der Waals surface area contributed by atoms with Crippen LogP contribution in [0.4, 0.5) is 13.2 Å². The van der Waals surface area contributed by atoms with Crippen molar-refractivity contribution in [1.82, 2.24) is 4.90 Å². The van der Waals surface area contributed by atoms with Crippen molar-refractivity contribution in [1.29, 1.82) is 0 Å². The lowest BCUT2D eigenvalue weighted by Gasteiger charge is -2.37. The maximum absolute atomic E-state index is 12.5. The number of hydrogen-bond donors (Lipinski definition) is 1. The standard InChI is InChI=1S/C16H15F3N2O4S/c17-16(18,19)26-11-3-1-10(2-4-11)13(22)21-7-5-15(6-8-21)9-12(14(23)24)20-25-15/h1-4H,5-9H2,(H,23,24). The largest absolute Gasteiger partial charge is 0.477 e. The number of halogens is 3. The zero-order valence-corrected chi connectivity index (χ0v) is 14.3. The molecule has 2 aliphatic rings. The minimum Gasteiger partial charge on any atom is -0.477 e. The molecule has 0 aromatic heterocycles. The molecule has 0 saturated carbocycles. The molecule has 0 bridgehead atoms. The second-order valence-corrected chi connectivity index (χ2v) is 7.30. The molecule has 10 heteroatoms. The molecule has 1 spiro atoms. The molecule has 1 fully saturated rings. The molecular formula is C16H15F3N2O4S. The summed E-state index contributed by atoms with van der Waals surface area (Å²) in [5.74, 6) is -1.39. The number of amides is 1. The Morgan fingerprint density at radius 2 is 1.81 bits per heavy atom. The minimum atomic E-state index is -4.37. The average Bonchev–Trinajstić information content (AvgIpc) is 2.98. The minimum absolute atomic E-state index is 0.0179. The number of hydrogen-bond acceptors (Lipinski definition) is 5. The van der Waals surface area contributed by atoms with Crippen molar-refractivity contribution in [3.05, 3.63) is 29.8 Å². The molecule has 1 N–H and O–H groups in total. The van der Waals surface area contributed by atoms with E-state index in [2.05, 4.69) is 5.16 Å². The van der Waals surface area contributed by atoms with Crippen LogP contribution in [-0.2, 0) is 9.63 Å². The fraction of sp³-hybridized carbons (Fsp3) is 0.438. The van der Waals surface area contributed by atoms with Crippen molar-refractivity contribution in [2.75, 3.05) is 13.1 Å². The first-order valence-corrected chi connectivity index (χ1v) is 8.63. The van der Waals surface area contributed by atoms with E-state index in [1.54, 1.807) is 4.90 Å². The third-order valence-corrected chi connectivity index (χ3v) is 5.12. The van der Waals surface area contributed by atoms with Crippen LogP contribution in [0, 0.1) is 0 Å². The van der Waals surface area contributed by atoms with Crippen LogP contribution in [0.1, 0.15) is 29.6 Å². The lowest BCUT2D eigenvalue weighted by molar-refractivity contribution is -0.129. The first-order valence-electron chi connectivity index (χ1n) is 7.81. The predicted molar refractivity (Wildman–Crippen MR) is 87.0 cm³/mol. The average molecular weight is 388 g/mol. The van der Waals surface area contributed by atoms with E-state index < -0.39 is 17.1 Å². The summed E-state index contributed by atoms with van der Waals surface area (Å²) in [6, 6.07) is 5.28. The number of benzene rings is 1. The molecule has 2 aliphatic heterocycles. The molecule has 3 rings (SSSR count). The van der Waals surface area contributed by atoms with E-state index in [0.717, 1.165) is 0 Å². The smallest absolute Gasteiger partial charge is 0.446 e. The van der Waals surface area contributed by atoms with Gasteiger partial charge in [0.2, 0.25) is 0 Å². The Morgan fingerprint density at radius 3 is 2.31 bits per heavy atom. The van der Waals surface area contributed by atoms with Gasteiger partial charge in [0.25, 0.3) is 5.91 Å². The van der Waals surface area contributed by atoms with Crippen LogP contribution in [0.3, 0.4) is 0 Å². The van der Waals surface area contributed by atoms with Crippen LogP contribution in [0.25, 0.3) is 0 Å². The lowest BCUT2D eigenvalue weighted by atomic mass is 9.86. The van der Waals surface area contributed by atoms with Crippen LogP contribution in [0.2, 0.25) is 0 Å². The van der Waals surface area contributed by atoms with Crippen LogP contribution < -0.4 is 0 Å². The van der Waals surface area contributed by atoms with Gasteiger partial charge in [-0.2, -0.15) is 13.2 Å². The summed E-state index contributed by atoms with van der Waals surface area (Å²) in [5.41, 5.74) is -4.77. The predicted octanol–water partition coefficient (Wildman–Crippen LogP) is 3.13. The molecule has 0 atom stereocenters. The summed E-state index contributed by atoms with van der Waals surface area (Å²) < 4.78 is 37.0. The highest BCUT2D eigenvalue weighted by atomic mass is 32.2. The molecule has 0 aliphatic carbocycles. The number of aliphatic carboxylic acids is 1. The van der Waals surface area contributed by atoms with Gasteiger partial charge in [-0.3, -0.25) is 4.79 Å². The molecule has 1 amide bonds. The molecule has 0 unspecified atom stereocenters. The summed E-state index contributed by atoms with van der Waals surface area (Å²) in [6.45, 7) is 0.723. The quantitative estimate of drug-likeness (QED) is 0.805. The Hall–Kier alpha value is -2.23. The molecule has 1 saturated heterocycles. The third-order valence-electron chi connectivity index (χ3n) is 4.38. The van der Waals surface area contributed by atoms with Crippen LogP contribution >= 0.6 is 11.8 Å². The van der Waals surface area contributed by atoms with Gasteiger partial charge in [0.05, 0.1) is 0 Å². The zero-order valence-electron chi connectivity index (χ0n) is 13.5. The topological polar surface area (TPSA) is 79.2 Å². The lowest BCUT2D eigenvalue weighted by Crippen LogP contribution is -2.47. The maximum atomic E-state index is 12.5. The van der Waals surface area contributed by atoms with Gasteiger partial charge in [0.15, 0.2) is 5.71 Å². The number of nitrogens with zero attached hydrogens (tertiary/aromatic N) is 2. The highest BCUT2D eigenvalue weighted by Gasteiger charge is 2.44. The highest BCUT2D eigenvalue weighted by Crippen LogP contribution is 2.37. The summed E-state index contributed by atoms with van der Waals surface area (Å²) in [4.78, 5) is 30.4. The van der Waals surface area contributed by atoms with Gasteiger partial charge < -0.3 is 14.8 Å². The van der Waals surface area contributed by atoms with Crippen molar-refractivity contribution < 1.29 is 32.7 Å². The summed E-state index contributed by atoms with van der Waals surface area (Å²) >= 11 is -0.230. The second kappa shape index (κ2) is 6.82. The number of thioether (sulfide) groups is 1. The van der Waals surface area contributed by atoms with Crippen molar-refractivity contribution in [2.45, 2.75) is 35.3 Å². The summed E-state index contributed by atoms with van der Waals surface area (Å²) in [7, 11) is 0. The van der Waals surface area contributed by atoms with Gasteiger partial charge in [-0.1, -0.05) is 5.16 Å². The number of piperidine rings is 1. The number of carbonyl (C=O) groups is 2. The number of alkyl halides is 3. The van der Waals surface area contributed by atoms with E-state index in [4.69, 9.17) is 9.94 Å². The Morgan fingerprint density at radius 1 is 1.19 bits per heavy atom. The molecule has 1 aromatic carbocycles. The number of likely N-dealkylation sites (tertiary alicyclic amines) is 1. The van der Waals surface area contributed by atoms with E-state index in [1.165, 1.54) is 24.3 Å². The third kappa shape index (κ3) is 4.12. The van der Waals surface area contributed by atoms with Crippen molar-refractivity contribution in [3.8, 4) is 0 Å². The van der Waals surface area contributed by atoms with Gasteiger partial charge >= 0.3 is 11.5 Å². The summed E-state index contributed by atoms with van der Waals surface area (Å²) in [6.07, 6.45) is 1.09. The Balaban J connectivity index is 1.58. The normalized spacial score (nSPS) is 19.2. The molecule has 140 valence electrons. The van der Waals surface area contributed by atoms with Gasteiger partial charge in [-0.25, -0.2) is 4.79 Å². The Labute approximate surface area is 151 Å². The second-order valence-electron chi connectivity index (χ2n) is 6.16. The fourth-order valence-corrected chi connectivity index (χ4v) is 3.54. The zero-order chi connectivity index (χ0) is 18.9. The number of oxime groups is 1. The number of carboxylic acids is 1. The summed E-state index contributed by atoms with van der Waals surface area (Å²) in [5, 5.41) is 12.6. The molecule has 1 aromatic rings. The monoisotopic (exact) mass is 388 g/mol. The number of rotatable bonds is 3. The van der Waals surface area contributed by atoms with E-state index >= 15 is 0 Å². The van der Waals surface area contributed by atoms with E-state index in [0.29, 0.717) is 31.5 Å². The molecular weight excluding hydrogens is 373 g/mol. The molecule has 2 heterocycles. The van der Waals surface area contributed by atoms with Crippen molar-refractivity contribution in [2.24, 2.45) is 5.16 Å². The first kappa shape index (κ1) is 18.6. The molecule has 26 heavy (non-hydrogen) atoms. The van der Waals surface area contributed by atoms with Crippen LogP contribution in [0.15, 0.2) is 34.3 Å². The van der Waals surface area contributed by atoms with E-state index in [-0.39, 0.29) is 34.7 Å². The van der Waals surface area contributed by atoms with E-state index in [9.17, 15) is 22.8 Å². The molecule has 0 radical (unpaired) electrons. The van der Waals surface area contributed by atoms with Crippen molar-refractivity contribution in [3.63, 3.8) is 0 Å². The van der Waals surface area contributed by atoms with Gasteiger partial charge in [-0.15, -0.1) is 0 Å². The maximum Gasteiger partial charge on any atom is 0.446 e. The fourth-order valence-electron chi connectivity index (χ4n) is 3.00. The van der Waals surface area contributed by atoms with Gasteiger partial charge in [0.1, 0.15) is 5.60 Å². The van der Waals surface area contributed by atoms with Crippen LogP contribution in [0.5, 0.6) is 0 Å². The number of carboxylic acid groups (broad SMARTS) is 1. The SMILES string of the molecule is O=C(O)C1=NOC2(CCN(C(=O)c3ccc(SC(F)(F)F)cc3)CC2)C1. The molecule has 6 nitrogen and oxygen atoms in total. The van der Waals surface area contributed by atoms with E-state index in [1.807, 2.05) is 0 Å². The Kier molecular flexibility index (Phi) is 4.87. The van der Waals surface area contributed by atoms with Gasteiger partial charge in [0, 0.05) is 42.8 Å². The first-order chi connectivity index (χ1) is 12.2. The van der Waals surface area contributed by atoms with Gasteiger partial charge in [-0.05, 0) is 36.0 Å². The van der Waals surface area contributed by atoms with Crippen molar-refractivity contribution >= 4 is 29.4 Å². The Bertz CT molecular complexity index is 741.